The number of piperidine rings is 1. The van der Waals surface area contributed by atoms with Gasteiger partial charge in [0, 0.05) is 49.4 Å². The lowest BCUT2D eigenvalue weighted by Crippen LogP contribution is -2.44. The maximum atomic E-state index is 9.52. The van der Waals surface area contributed by atoms with Crippen molar-refractivity contribution in [3.05, 3.63) is 36.0 Å². The minimum atomic E-state index is 0.230. The summed E-state index contributed by atoms with van der Waals surface area (Å²) < 4.78 is 2.54. The normalized spacial score (nSPS) is 25.5. The van der Waals surface area contributed by atoms with Crippen molar-refractivity contribution in [3.63, 3.8) is 0 Å². The van der Waals surface area contributed by atoms with Gasteiger partial charge in [-0.1, -0.05) is 32.0 Å². The summed E-state index contributed by atoms with van der Waals surface area (Å²) in [6.07, 6.45) is 8.87. The van der Waals surface area contributed by atoms with Crippen molar-refractivity contribution in [2.45, 2.75) is 70.9 Å². The van der Waals surface area contributed by atoms with E-state index >= 15 is 0 Å². The topological polar surface area (TPSA) is 28.4 Å². The Morgan fingerprint density at radius 2 is 1.67 bits per heavy atom. The van der Waals surface area contributed by atoms with Gasteiger partial charge in [-0.2, -0.15) is 0 Å². The Bertz CT molecular complexity index is 734. The molecule has 1 saturated heterocycles. The highest BCUT2D eigenvalue weighted by molar-refractivity contribution is 5.81. The van der Waals surface area contributed by atoms with Gasteiger partial charge in [-0.3, -0.25) is 0 Å². The molecule has 1 aliphatic carbocycles. The Morgan fingerprint density at radius 1 is 0.963 bits per heavy atom. The molecule has 1 aromatic heterocycles. The summed E-state index contributed by atoms with van der Waals surface area (Å²) in [5.41, 5.74) is 2.64. The van der Waals surface area contributed by atoms with Crippen molar-refractivity contribution in [1.29, 1.82) is 0 Å². The first-order valence-electron chi connectivity index (χ1n) is 11.1. The SMILES string of the molecule is CC(C)[C@H]1CC[C@H](N2CCC(n3c(CCO)cc4ccccc43)CC2)CC1. The number of nitrogens with zero attached hydrogens (tertiary/aromatic N) is 2. The van der Waals surface area contributed by atoms with E-state index in [4.69, 9.17) is 0 Å². The van der Waals surface area contributed by atoms with Crippen LogP contribution in [0.3, 0.4) is 0 Å². The second kappa shape index (κ2) is 8.36. The number of aliphatic hydroxyl groups excluding tert-OH is 1. The molecule has 0 spiro atoms. The summed E-state index contributed by atoms with van der Waals surface area (Å²) in [6.45, 7) is 7.47. The molecule has 0 radical (unpaired) electrons. The fourth-order valence-electron chi connectivity index (χ4n) is 5.61. The molecule has 3 heteroatoms. The molecule has 3 nitrogen and oxygen atoms in total. The first-order chi connectivity index (χ1) is 13.2. The van der Waals surface area contributed by atoms with Crippen molar-refractivity contribution in [1.82, 2.24) is 9.47 Å². The van der Waals surface area contributed by atoms with Gasteiger partial charge in [0.05, 0.1) is 0 Å². The fraction of sp³-hybridized carbons (Fsp3) is 0.667. The number of rotatable bonds is 5. The van der Waals surface area contributed by atoms with Gasteiger partial charge in [0.1, 0.15) is 0 Å². The Balaban J connectivity index is 1.43. The fourth-order valence-corrected chi connectivity index (χ4v) is 5.61. The van der Waals surface area contributed by atoms with Crippen LogP contribution in [-0.2, 0) is 6.42 Å². The number of aliphatic hydroxyl groups is 1. The highest BCUT2D eigenvalue weighted by Gasteiger charge is 2.31. The van der Waals surface area contributed by atoms with Gasteiger partial charge >= 0.3 is 0 Å². The molecule has 0 bridgehead atoms. The number of fused-ring (bicyclic) bond motifs is 1. The van der Waals surface area contributed by atoms with Crippen LogP contribution in [0.15, 0.2) is 30.3 Å². The van der Waals surface area contributed by atoms with Crippen molar-refractivity contribution in [3.8, 4) is 0 Å². The highest BCUT2D eigenvalue weighted by Crippen LogP contribution is 2.36. The van der Waals surface area contributed by atoms with Gasteiger partial charge in [-0.15, -0.1) is 0 Å². The molecule has 1 N–H and O–H groups in total. The average Bonchev–Trinajstić information content (AvgIpc) is 3.06. The Kier molecular flexibility index (Phi) is 5.89. The van der Waals surface area contributed by atoms with Gasteiger partial charge in [0.15, 0.2) is 0 Å². The molecule has 4 rings (SSSR count). The summed E-state index contributed by atoms with van der Waals surface area (Å²) in [4.78, 5) is 2.78. The molecular formula is C24H36N2O. The molecule has 1 aliphatic heterocycles. The van der Waals surface area contributed by atoms with Crippen LogP contribution in [0.2, 0.25) is 0 Å². The largest absolute Gasteiger partial charge is 0.396 e. The number of hydrogen-bond acceptors (Lipinski definition) is 2. The zero-order valence-corrected chi connectivity index (χ0v) is 17.1. The van der Waals surface area contributed by atoms with Gasteiger partial charge in [-0.25, -0.2) is 0 Å². The third-order valence-corrected chi connectivity index (χ3v) is 7.26. The van der Waals surface area contributed by atoms with Crippen molar-refractivity contribution < 1.29 is 5.11 Å². The number of benzene rings is 1. The third-order valence-electron chi connectivity index (χ3n) is 7.26. The van der Waals surface area contributed by atoms with Crippen LogP contribution < -0.4 is 0 Å². The average molecular weight is 369 g/mol. The Labute approximate surface area is 164 Å². The van der Waals surface area contributed by atoms with Crippen LogP contribution in [0, 0.1) is 11.8 Å². The molecule has 0 unspecified atom stereocenters. The molecule has 1 aromatic carbocycles. The lowest BCUT2D eigenvalue weighted by atomic mass is 9.79. The molecular weight excluding hydrogens is 332 g/mol. The van der Waals surface area contributed by atoms with Crippen LogP contribution in [0.4, 0.5) is 0 Å². The predicted octanol–water partition coefficient (Wildman–Crippen LogP) is 5.03. The Hall–Kier alpha value is -1.32. The molecule has 2 fully saturated rings. The van der Waals surface area contributed by atoms with Gasteiger partial charge in [-0.05, 0) is 67.9 Å². The van der Waals surface area contributed by atoms with Crippen molar-refractivity contribution in [2.24, 2.45) is 11.8 Å². The first-order valence-corrected chi connectivity index (χ1v) is 11.1. The predicted molar refractivity (Wildman–Crippen MR) is 113 cm³/mol. The van der Waals surface area contributed by atoms with E-state index in [2.05, 4.69) is 53.6 Å². The van der Waals surface area contributed by atoms with E-state index in [1.807, 2.05) is 0 Å². The van der Waals surface area contributed by atoms with Crippen LogP contribution in [0.5, 0.6) is 0 Å². The quantitative estimate of drug-likeness (QED) is 0.802. The van der Waals surface area contributed by atoms with E-state index in [0.717, 1.165) is 24.3 Å². The molecule has 148 valence electrons. The van der Waals surface area contributed by atoms with Crippen molar-refractivity contribution in [2.75, 3.05) is 19.7 Å². The highest BCUT2D eigenvalue weighted by atomic mass is 16.3. The van der Waals surface area contributed by atoms with E-state index in [0.29, 0.717) is 6.04 Å². The number of hydrogen-bond donors (Lipinski definition) is 1. The summed E-state index contributed by atoms with van der Waals surface area (Å²) in [5, 5.41) is 10.8. The number of aromatic nitrogens is 1. The van der Waals surface area contributed by atoms with E-state index in [9.17, 15) is 5.11 Å². The molecule has 2 heterocycles. The summed E-state index contributed by atoms with van der Waals surface area (Å²) >= 11 is 0. The number of para-hydroxylation sites is 1. The zero-order chi connectivity index (χ0) is 18.8. The maximum absolute atomic E-state index is 9.52. The van der Waals surface area contributed by atoms with Crippen LogP contribution in [0.1, 0.15) is 64.1 Å². The van der Waals surface area contributed by atoms with Crippen LogP contribution in [-0.4, -0.2) is 40.3 Å². The monoisotopic (exact) mass is 368 g/mol. The van der Waals surface area contributed by atoms with Gasteiger partial charge in [0.25, 0.3) is 0 Å². The maximum Gasteiger partial charge on any atom is 0.0485 e. The summed E-state index contributed by atoms with van der Waals surface area (Å²) in [5.74, 6) is 1.80. The molecule has 27 heavy (non-hydrogen) atoms. The standard InChI is InChI=1S/C24H36N2O/c1-18(2)19-7-9-21(10-8-19)25-14-11-22(12-15-25)26-23(13-16-27)17-20-5-3-4-6-24(20)26/h3-6,17-19,21-22,27H,7-16H2,1-2H3/t19-,21-. The lowest BCUT2D eigenvalue weighted by Gasteiger charge is -2.42. The minimum Gasteiger partial charge on any atom is -0.396 e. The second-order valence-electron chi connectivity index (χ2n) is 9.12. The minimum absolute atomic E-state index is 0.230. The second-order valence-corrected chi connectivity index (χ2v) is 9.12. The lowest BCUT2D eigenvalue weighted by molar-refractivity contribution is 0.0888. The van der Waals surface area contributed by atoms with E-state index in [1.54, 1.807) is 0 Å². The summed E-state index contributed by atoms with van der Waals surface area (Å²) in [7, 11) is 0. The molecule has 1 saturated carbocycles. The van der Waals surface area contributed by atoms with Gasteiger partial charge in [0.2, 0.25) is 0 Å². The summed E-state index contributed by atoms with van der Waals surface area (Å²) in [6, 6.07) is 12.4. The van der Waals surface area contributed by atoms with Crippen molar-refractivity contribution >= 4 is 10.9 Å². The zero-order valence-electron chi connectivity index (χ0n) is 17.1. The smallest absolute Gasteiger partial charge is 0.0485 e. The van der Waals surface area contributed by atoms with Crippen LogP contribution >= 0.6 is 0 Å². The van der Waals surface area contributed by atoms with Crippen LogP contribution in [0.25, 0.3) is 10.9 Å². The van der Waals surface area contributed by atoms with E-state index in [1.165, 1.54) is 68.2 Å². The first kappa shape index (κ1) is 19.0. The number of likely N-dealkylation sites (tertiary alicyclic amines) is 1. The third kappa shape index (κ3) is 3.95. The molecule has 2 aromatic rings. The molecule has 0 atom stereocenters. The molecule has 0 amide bonds. The van der Waals surface area contributed by atoms with E-state index < -0.39 is 0 Å². The van der Waals surface area contributed by atoms with Gasteiger partial charge < -0.3 is 14.6 Å². The van der Waals surface area contributed by atoms with E-state index in [-0.39, 0.29) is 6.61 Å². The molecule has 2 aliphatic rings. The Morgan fingerprint density at radius 3 is 2.33 bits per heavy atom.